The van der Waals surface area contributed by atoms with Crippen LogP contribution < -0.4 is 9.86 Å². The van der Waals surface area contributed by atoms with E-state index in [1.165, 1.54) is 52.4 Å². The first-order valence-electron chi connectivity index (χ1n) is 14.5. The van der Waals surface area contributed by atoms with Crippen molar-refractivity contribution in [2.45, 2.75) is 17.0 Å². The maximum atomic E-state index is 14.7. The SMILES string of the molecule is COC(=O)c1cccc(S(=O)(=O)N2c3ccc(C(=O)N4CCN(C)CC4)c(=O)n3[C@H](c3ccc(Cl)cc3)[C@@H]2c2ccc(Cl)cc2)c1. The van der Waals surface area contributed by atoms with E-state index in [1.54, 1.807) is 53.4 Å². The maximum absolute atomic E-state index is 14.7. The summed E-state index contributed by atoms with van der Waals surface area (Å²) in [4.78, 5) is 44.1. The summed E-state index contributed by atoms with van der Waals surface area (Å²) in [6, 6.07) is 20.0. The molecule has 1 amide bonds. The summed E-state index contributed by atoms with van der Waals surface area (Å²) in [5.41, 5.74) is 0.506. The number of ether oxygens (including phenoxy) is 1. The molecule has 0 aliphatic carbocycles. The molecule has 0 saturated carbocycles. The van der Waals surface area contributed by atoms with Crippen LogP contribution >= 0.6 is 23.2 Å². The van der Waals surface area contributed by atoms with Crippen LogP contribution in [0.5, 0.6) is 0 Å². The van der Waals surface area contributed by atoms with Crippen molar-refractivity contribution < 1.29 is 22.7 Å². The van der Waals surface area contributed by atoms with Gasteiger partial charge in [-0.25, -0.2) is 17.5 Å². The summed E-state index contributed by atoms with van der Waals surface area (Å²) in [7, 11) is -1.27. The van der Waals surface area contributed by atoms with E-state index in [4.69, 9.17) is 27.9 Å². The summed E-state index contributed by atoms with van der Waals surface area (Å²) in [6.45, 7) is 2.25. The number of hydrogen-bond acceptors (Lipinski definition) is 7. The third-order valence-corrected chi connectivity index (χ3v) is 10.7. The number of carbonyl (C=O) groups is 2. The number of nitrogens with zero attached hydrogens (tertiary/aromatic N) is 4. The van der Waals surface area contributed by atoms with Crippen LogP contribution in [-0.4, -0.2) is 75.0 Å². The summed E-state index contributed by atoms with van der Waals surface area (Å²) in [5.74, 6) is -1.06. The number of fused-ring (bicyclic) bond motifs is 1. The van der Waals surface area contributed by atoms with Gasteiger partial charge in [0.05, 0.1) is 29.7 Å². The Hall–Kier alpha value is -4.16. The number of esters is 1. The van der Waals surface area contributed by atoms with Gasteiger partial charge in [-0.3, -0.25) is 14.2 Å². The van der Waals surface area contributed by atoms with Crippen LogP contribution in [0.1, 0.15) is 43.9 Å². The van der Waals surface area contributed by atoms with Crippen LogP contribution in [0.15, 0.2) is 94.6 Å². The molecule has 2 aliphatic rings. The zero-order chi connectivity index (χ0) is 32.7. The average Bonchev–Trinajstić information content (AvgIpc) is 3.42. The Labute approximate surface area is 276 Å². The third kappa shape index (κ3) is 5.68. The van der Waals surface area contributed by atoms with E-state index in [2.05, 4.69) is 4.90 Å². The lowest BCUT2D eigenvalue weighted by atomic mass is 9.94. The van der Waals surface area contributed by atoms with Crippen LogP contribution in [-0.2, 0) is 14.8 Å². The highest BCUT2D eigenvalue weighted by Gasteiger charge is 2.48. The quantitative estimate of drug-likeness (QED) is 0.267. The highest BCUT2D eigenvalue weighted by Crippen LogP contribution is 2.49. The van der Waals surface area contributed by atoms with Gasteiger partial charge in [0, 0.05) is 36.2 Å². The minimum absolute atomic E-state index is 0.0468. The number of amides is 1. The lowest BCUT2D eigenvalue weighted by Gasteiger charge is -2.32. The first-order chi connectivity index (χ1) is 22.0. The monoisotopic (exact) mass is 680 g/mol. The number of methoxy groups -OCH3 is 1. The number of halogens is 2. The van der Waals surface area contributed by atoms with Gasteiger partial charge in [0.2, 0.25) is 0 Å². The second-order valence-corrected chi connectivity index (χ2v) is 13.9. The molecule has 6 rings (SSSR count). The van der Waals surface area contributed by atoms with Gasteiger partial charge in [-0.2, -0.15) is 0 Å². The van der Waals surface area contributed by atoms with Gasteiger partial charge in [0.25, 0.3) is 21.5 Å². The van der Waals surface area contributed by atoms with Gasteiger partial charge in [0.15, 0.2) is 0 Å². The molecule has 238 valence electrons. The predicted octanol–water partition coefficient (Wildman–Crippen LogP) is 4.87. The van der Waals surface area contributed by atoms with Gasteiger partial charge in [0.1, 0.15) is 11.4 Å². The standard InChI is InChI=1S/C33H30Cl2N4O6S/c1-36-16-18-37(19-17-36)31(40)27-14-15-28-38(32(27)41)29(21-6-10-24(34)11-7-21)30(22-8-12-25(35)13-9-22)39(28)46(43,44)26-5-3-4-23(20-26)33(42)45-2/h3-15,20,29-30H,16-19H2,1-2H3/t29-,30+/m1/s1. The Kier molecular flexibility index (Phi) is 8.68. The number of benzene rings is 3. The Morgan fingerprint density at radius 3 is 1.98 bits per heavy atom. The summed E-state index contributed by atoms with van der Waals surface area (Å²) in [5, 5.41) is 0.903. The van der Waals surface area contributed by atoms with Crippen molar-refractivity contribution in [3.63, 3.8) is 0 Å². The Morgan fingerprint density at radius 1 is 0.804 bits per heavy atom. The number of aromatic nitrogens is 1. The molecule has 13 heteroatoms. The summed E-state index contributed by atoms with van der Waals surface area (Å²) in [6.07, 6.45) is 0. The molecule has 1 saturated heterocycles. The molecule has 0 spiro atoms. The first kappa shape index (κ1) is 31.8. The van der Waals surface area contributed by atoms with Gasteiger partial charge in [-0.1, -0.05) is 53.5 Å². The Bertz CT molecular complexity index is 1970. The Morgan fingerprint density at radius 2 is 1.39 bits per heavy atom. The minimum atomic E-state index is -4.44. The van der Waals surface area contributed by atoms with E-state index in [0.717, 1.165) is 0 Å². The number of anilines is 1. The topological polar surface area (TPSA) is 109 Å². The van der Waals surface area contributed by atoms with Crippen LogP contribution in [0.4, 0.5) is 5.82 Å². The number of pyridine rings is 1. The zero-order valence-electron chi connectivity index (χ0n) is 25.0. The van der Waals surface area contributed by atoms with Gasteiger partial charge in [-0.05, 0) is 72.8 Å². The summed E-state index contributed by atoms with van der Waals surface area (Å²) < 4.78 is 36.7. The molecule has 0 radical (unpaired) electrons. The smallest absolute Gasteiger partial charge is 0.337 e. The minimum Gasteiger partial charge on any atom is -0.465 e. The van der Waals surface area contributed by atoms with Gasteiger partial charge in [-0.15, -0.1) is 0 Å². The molecule has 2 atom stereocenters. The molecule has 4 aromatic rings. The lowest BCUT2D eigenvalue weighted by Crippen LogP contribution is -2.48. The number of sulfonamides is 1. The molecule has 3 aromatic carbocycles. The van der Waals surface area contributed by atoms with E-state index in [1.807, 2.05) is 7.05 Å². The second kappa shape index (κ2) is 12.6. The van der Waals surface area contributed by atoms with E-state index >= 15 is 0 Å². The van der Waals surface area contributed by atoms with Crippen LogP contribution in [0.2, 0.25) is 10.0 Å². The van der Waals surface area contributed by atoms with Crippen molar-refractivity contribution >= 4 is 50.9 Å². The maximum Gasteiger partial charge on any atom is 0.337 e. The molecule has 1 aromatic heterocycles. The molecule has 3 heterocycles. The fraction of sp³-hybridized carbons (Fsp3) is 0.242. The van der Waals surface area contributed by atoms with Crippen LogP contribution in [0.3, 0.4) is 0 Å². The highest BCUT2D eigenvalue weighted by molar-refractivity contribution is 7.92. The van der Waals surface area contributed by atoms with Crippen molar-refractivity contribution in [2.24, 2.45) is 0 Å². The van der Waals surface area contributed by atoms with Crippen molar-refractivity contribution in [1.29, 1.82) is 0 Å². The van der Waals surface area contributed by atoms with Gasteiger partial charge >= 0.3 is 5.97 Å². The number of likely N-dealkylation sites (N-methyl/N-ethyl adjacent to an activating group) is 1. The number of piperazine rings is 1. The van der Waals surface area contributed by atoms with Crippen molar-refractivity contribution in [2.75, 3.05) is 44.6 Å². The van der Waals surface area contributed by atoms with Crippen molar-refractivity contribution in [3.05, 3.63) is 128 Å². The highest BCUT2D eigenvalue weighted by atomic mass is 35.5. The Balaban J connectivity index is 1.60. The molecule has 1 fully saturated rings. The van der Waals surface area contributed by atoms with E-state index in [9.17, 15) is 22.8 Å². The normalized spacial score (nSPS) is 18.3. The van der Waals surface area contributed by atoms with E-state index < -0.39 is 39.5 Å². The predicted molar refractivity (Wildman–Crippen MR) is 175 cm³/mol. The molecule has 0 unspecified atom stereocenters. The number of carbonyl (C=O) groups excluding carboxylic acids is 2. The average molecular weight is 682 g/mol. The molecule has 0 N–H and O–H groups in total. The first-order valence-corrected chi connectivity index (χ1v) is 16.7. The summed E-state index contributed by atoms with van der Waals surface area (Å²) >= 11 is 12.5. The van der Waals surface area contributed by atoms with Crippen LogP contribution in [0, 0.1) is 0 Å². The molecule has 46 heavy (non-hydrogen) atoms. The second-order valence-electron chi connectivity index (χ2n) is 11.2. The zero-order valence-corrected chi connectivity index (χ0v) is 27.3. The fourth-order valence-electron chi connectivity index (χ4n) is 6.00. The van der Waals surface area contributed by atoms with Gasteiger partial charge < -0.3 is 14.5 Å². The number of hydrogen-bond donors (Lipinski definition) is 0. The fourth-order valence-corrected chi connectivity index (χ4v) is 7.94. The molecular weight excluding hydrogens is 651 g/mol. The van der Waals surface area contributed by atoms with Crippen molar-refractivity contribution in [3.8, 4) is 0 Å². The third-order valence-electron chi connectivity index (χ3n) is 8.41. The van der Waals surface area contributed by atoms with E-state index in [-0.39, 0.29) is 21.8 Å². The molecule has 10 nitrogen and oxygen atoms in total. The number of rotatable bonds is 6. The molecular formula is C33H30Cl2N4O6S. The largest absolute Gasteiger partial charge is 0.465 e. The van der Waals surface area contributed by atoms with Crippen LogP contribution in [0.25, 0.3) is 0 Å². The molecule has 2 aliphatic heterocycles. The van der Waals surface area contributed by atoms with E-state index in [0.29, 0.717) is 47.4 Å². The lowest BCUT2D eigenvalue weighted by molar-refractivity contribution is 0.0599. The van der Waals surface area contributed by atoms with Crippen molar-refractivity contribution in [1.82, 2.24) is 14.4 Å². The molecule has 0 bridgehead atoms.